The number of ether oxygens (including phenoxy) is 1. The fraction of sp³-hybridized carbons (Fsp3) is 0.714. The Labute approximate surface area is 76.5 Å². The average molecular weight is 193 g/mol. The van der Waals surface area contributed by atoms with Gasteiger partial charge in [0.2, 0.25) is 0 Å². The Morgan fingerprint density at radius 1 is 1.31 bits per heavy atom. The summed E-state index contributed by atoms with van der Waals surface area (Å²) >= 11 is 0. The van der Waals surface area contributed by atoms with E-state index in [-0.39, 0.29) is 0 Å². The second-order valence-corrected chi connectivity index (χ2v) is 3.13. The van der Waals surface area contributed by atoms with Crippen LogP contribution in [0.2, 0.25) is 0 Å². The zero-order valence-electron chi connectivity index (χ0n) is 8.12. The van der Waals surface area contributed by atoms with Gasteiger partial charge in [-0.2, -0.15) is 0 Å². The van der Waals surface area contributed by atoms with Crippen molar-refractivity contribution in [3.8, 4) is 0 Å². The summed E-state index contributed by atoms with van der Waals surface area (Å²) in [5.41, 5.74) is 0.812. The molecule has 0 aliphatic rings. The molecule has 6 nitrogen and oxygen atoms in total. The molecule has 0 rings (SSSR count). The molecule has 0 radical (unpaired) electrons. The van der Waals surface area contributed by atoms with Gasteiger partial charge in [0, 0.05) is 6.92 Å². The Bertz CT molecular complexity index is 168. The third kappa shape index (κ3) is 24.9. The van der Waals surface area contributed by atoms with Gasteiger partial charge < -0.3 is 9.84 Å². The Morgan fingerprint density at radius 3 is 1.69 bits per heavy atom. The van der Waals surface area contributed by atoms with Gasteiger partial charge in [-0.15, -0.1) is 0 Å². The van der Waals surface area contributed by atoms with Crippen molar-refractivity contribution in [3.05, 3.63) is 0 Å². The van der Waals surface area contributed by atoms with Crippen molar-refractivity contribution in [1.29, 1.82) is 0 Å². The summed E-state index contributed by atoms with van der Waals surface area (Å²) in [6, 6.07) is 0. The number of carboxylic acid groups (broad SMARTS) is 1. The Morgan fingerprint density at radius 2 is 1.62 bits per heavy atom. The van der Waals surface area contributed by atoms with Crippen LogP contribution in [0.15, 0.2) is 0 Å². The molecular formula is C7H15NO5. The smallest absolute Gasteiger partial charge is 0.431 e. The third-order valence-corrected chi connectivity index (χ3v) is 0.490. The molecule has 0 spiro atoms. The standard InChI is InChI=1S/C5H11NO3.C2H4O2/c1-5(2,3)9-4(7)6-8;1-2(3)4/h8H,1-3H3,(H,6,7);1H3,(H,3,4). The number of hydrogen-bond donors (Lipinski definition) is 3. The summed E-state index contributed by atoms with van der Waals surface area (Å²) in [7, 11) is 0. The van der Waals surface area contributed by atoms with Gasteiger partial charge in [0.1, 0.15) is 5.60 Å². The maximum Gasteiger partial charge on any atom is 0.431 e. The molecule has 0 aromatic heterocycles. The number of hydrogen-bond acceptors (Lipinski definition) is 4. The lowest BCUT2D eigenvalue weighted by molar-refractivity contribution is -0.134. The summed E-state index contributed by atoms with van der Waals surface area (Å²) < 4.78 is 4.59. The van der Waals surface area contributed by atoms with Gasteiger partial charge in [-0.05, 0) is 20.8 Å². The van der Waals surface area contributed by atoms with E-state index in [4.69, 9.17) is 15.1 Å². The van der Waals surface area contributed by atoms with Crippen LogP contribution in [0.4, 0.5) is 4.79 Å². The van der Waals surface area contributed by atoms with Crippen molar-refractivity contribution < 1.29 is 24.6 Å². The lowest BCUT2D eigenvalue weighted by atomic mass is 10.2. The lowest BCUT2D eigenvalue weighted by Gasteiger charge is -2.17. The van der Waals surface area contributed by atoms with E-state index < -0.39 is 17.7 Å². The summed E-state index contributed by atoms with van der Waals surface area (Å²) in [4.78, 5) is 19.2. The largest absolute Gasteiger partial charge is 0.481 e. The Hall–Kier alpha value is -1.30. The molecule has 0 aromatic rings. The molecule has 78 valence electrons. The summed E-state index contributed by atoms with van der Waals surface area (Å²) in [5, 5.41) is 15.4. The highest BCUT2D eigenvalue weighted by Gasteiger charge is 2.14. The zero-order valence-corrected chi connectivity index (χ0v) is 8.12. The van der Waals surface area contributed by atoms with Crippen LogP contribution in [0.5, 0.6) is 0 Å². The minimum absolute atomic E-state index is 0.549. The minimum Gasteiger partial charge on any atom is -0.481 e. The highest BCUT2D eigenvalue weighted by molar-refractivity contribution is 5.66. The maximum atomic E-state index is 10.2. The van der Waals surface area contributed by atoms with Crippen LogP contribution < -0.4 is 5.48 Å². The molecule has 0 aromatic carbocycles. The van der Waals surface area contributed by atoms with Crippen LogP contribution in [0.1, 0.15) is 27.7 Å². The van der Waals surface area contributed by atoms with E-state index in [2.05, 4.69) is 4.74 Å². The van der Waals surface area contributed by atoms with E-state index in [0.29, 0.717) is 0 Å². The molecule has 0 bridgehead atoms. The third-order valence-electron chi connectivity index (χ3n) is 0.490. The van der Waals surface area contributed by atoms with Gasteiger partial charge >= 0.3 is 6.09 Å². The van der Waals surface area contributed by atoms with E-state index in [1.807, 2.05) is 0 Å². The molecule has 0 aliphatic heterocycles. The lowest BCUT2D eigenvalue weighted by Crippen LogP contribution is -2.30. The summed E-state index contributed by atoms with van der Waals surface area (Å²) in [6.45, 7) is 6.22. The van der Waals surface area contributed by atoms with Crippen molar-refractivity contribution in [2.45, 2.75) is 33.3 Å². The number of carbonyl (C=O) groups excluding carboxylic acids is 1. The summed E-state index contributed by atoms with van der Waals surface area (Å²) in [6.07, 6.45) is -0.831. The van der Waals surface area contributed by atoms with Crippen LogP contribution in [0.25, 0.3) is 0 Å². The molecule has 0 atom stereocenters. The van der Waals surface area contributed by atoms with Crippen molar-refractivity contribution in [1.82, 2.24) is 5.48 Å². The number of carbonyl (C=O) groups is 2. The van der Waals surface area contributed by atoms with Crippen LogP contribution in [0.3, 0.4) is 0 Å². The topological polar surface area (TPSA) is 95.9 Å². The molecule has 1 amide bonds. The second-order valence-electron chi connectivity index (χ2n) is 3.13. The van der Waals surface area contributed by atoms with Gasteiger partial charge in [0.25, 0.3) is 5.97 Å². The number of carboxylic acids is 1. The number of nitrogens with one attached hydrogen (secondary N) is 1. The molecule has 6 heteroatoms. The van der Waals surface area contributed by atoms with Crippen LogP contribution in [-0.4, -0.2) is 28.0 Å². The normalized spacial score (nSPS) is 9.31. The van der Waals surface area contributed by atoms with Crippen molar-refractivity contribution >= 4 is 12.1 Å². The van der Waals surface area contributed by atoms with Gasteiger partial charge in [0.15, 0.2) is 0 Å². The molecule has 0 fully saturated rings. The second kappa shape index (κ2) is 6.24. The van der Waals surface area contributed by atoms with Gasteiger partial charge in [-0.25, -0.2) is 10.3 Å². The highest BCUT2D eigenvalue weighted by atomic mass is 16.6. The first-order valence-electron chi connectivity index (χ1n) is 3.51. The molecule has 0 saturated carbocycles. The number of hydroxylamine groups is 1. The number of rotatable bonds is 0. The molecular weight excluding hydrogens is 178 g/mol. The monoisotopic (exact) mass is 193 g/mol. The molecule has 0 aliphatic carbocycles. The molecule has 13 heavy (non-hydrogen) atoms. The molecule has 3 N–H and O–H groups in total. The SMILES string of the molecule is CC(=O)O.CC(C)(C)OC(=O)NO. The minimum atomic E-state index is -0.833. The fourth-order valence-corrected chi connectivity index (χ4v) is 0.301. The first-order valence-corrected chi connectivity index (χ1v) is 3.51. The van der Waals surface area contributed by atoms with E-state index >= 15 is 0 Å². The summed E-state index contributed by atoms with van der Waals surface area (Å²) in [5.74, 6) is -0.833. The zero-order chi connectivity index (χ0) is 11.1. The fourth-order valence-electron chi connectivity index (χ4n) is 0.301. The Kier molecular flexibility index (Phi) is 6.84. The van der Waals surface area contributed by atoms with Gasteiger partial charge in [-0.1, -0.05) is 0 Å². The van der Waals surface area contributed by atoms with E-state index in [0.717, 1.165) is 6.92 Å². The predicted molar refractivity (Wildman–Crippen MR) is 44.5 cm³/mol. The van der Waals surface area contributed by atoms with Crippen molar-refractivity contribution in [2.24, 2.45) is 0 Å². The van der Waals surface area contributed by atoms with Crippen LogP contribution in [0, 0.1) is 0 Å². The highest BCUT2D eigenvalue weighted by Crippen LogP contribution is 2.05. The van der Waals surface area contributed by atoms with Crippen molar-refractivity contribution in [2.75, 3.05) is 0 Å². The van der Waals surface area contributed by atoms with Gasteiger partial charge in [0.05, 0.1) is 0 Å². The number of aliphatic carboxylic acids is 1. The quantitative estimate of drug-likeness (QED) is 0.394. The predicted octanol–water partition coefficient (Wildman–Crippen LogP) is 0.991. The van der Waals surface area contributed by atoms with Crippen molar-refractivity contribution in [3.63, 3.8) is 0 Å². The first kappa shape index (κ1) is 14.2. The first-order chi connectivity index (χ1) is 5.69. The van der Waals surface area contributed by atoms with E-state index in [1.165, 1.54) is 5.48 Å². The van der Waals surface area contributed by atoms with E-state index in [9.17, 15) is 4.79 Å². The Balaban J connectivity index is 0. The van der Waals surface area contributed by atoms with E-state index in [1.54, 1.807) is 20.8 Å². The average Bonchev–Trinajstić information content (AvgIpc) is 1.82. The van der Waals surface area contributed by atoms with Crippen LogP contribution >= 0.6 is 0 Å². The maximum absolute atomic E-state index is 10.2. The molecule has 0 heterocycles. The number of amides is 1. The van der Waals surface area contributed by atoms with Gasteiger partial charge in [-0.3, -0.25) is 10.0 Å². The molecule has 0 unspecified atom stereocenters. The van der Waals surface area contributed by atoms with Crippen LogP contribution in [-0.2, 0) is 9.53 Å². The molecule has 0 saturated heterocycles.